The Kier molecular flexibility index (Phi) is 5.06. The van der Waals surface area contributed by atoms with Gasteiger partial charge in [-0.25, -0.2) is 8.78 Å². The zero-order chi connectivity index (χ0) is 14.5. The number of aliphatic hydroxyl groups excluding tert-OH is 1. The van der Waals surface area contributed by atoms with Crippen LogP contribution < -0.4 is 5.32 Å². The second-order valence-corrected chi connectivity index (χ2v) is 5.40. The monoisotopic (exact) mass is 283 g/mol. The minimum atomic E-state index is -0.574. The highest BCUT2D eigenvalue weighted by Gasteiger charge is 2.20. The standard InChI is InChI=1S/C15H19F2NO2/c16-12-4-5-14(17)11(7-12)8-15(20)18-9-10-2-1-3-13(19)6-10/h4-5,7,10,13,19H,1-3,6,8-9H2,(H,18,20). The van der Waals surface area contributed by atoms with Crippen molar-refractivity contribution in [1.82, 2.24) is 5.32 Å². The molecular weight excluding hydrogens is 264 g/mol. The van der Waals surface area contributed by atoms with Gasteiger partial charge in [0.1, 0.15) is 11.6 Å². The van der Waals surface area contributed by atoms with Crippen molar-refractivity contribution in [1.29, 1.82) is 0 Å². The molecule has 0 spiro atoms. The van der Waals surface area contributed by atoms with Crippen LogP contribution in [-0.2, 0) is 11.2 Å². The van der Waals surface area contributed by atoms with Gasteiger partial charge in [-0.2, -0.15) is 0 Å². The Morgan fingerprint density at radius 1 is 1.35 bits per heavy atom. The molecule has 0 radical (unpaired) electrons. The molecule has 1 fully saturated rings. The zero-order valence-corrected chi connectivity index (χ0v) is 11.2. The Balaban J connectivity index is 1.82. The average molecular weight is 283 g/mol. The van der Waals surface area contributed by atoms with Gasteiger partial charge in [-0.15, -0.1) is 0 Å². The summed E-state index contributed by atoms with van der Waals surface area (Å²) >= 11 is 0. The van der Waals surface area contributed by atoms with Gasteiger partial charge in [-0.3, -0.25) is 4.79 Å². The van der Waals surface area contributed by atoms with Gasteiger partial charge >= 0.3 is 0 Å². The topological polar surface area (TPSA) is 49.3 Å². The number of benzene rings is 1. The zero-order valence-electron chi connectivity index (χ0n) is 11.2. The van der Waals surface area contributed by atoms with Gasteiger partial charge in [0.15, 0.2) is 0 Å². The van der Waals surface area contributed by atoms with E-state index in [0.29, 0.717) is 13.0 Å². The van der Waals surface area contributed by atoms with Crippen LogP contribution in [0.3, 0.4) is 0 Å². The molecule has 20 heavy (non-hydrogen) atoms. The minimum Gasteiger partial charge on any atom is -0.393 e. The maximum Gasteiger partial charge on any atom is 0.224 e. The minimum absolute atomic E-state index is 0.0613. The smallest absolute Gasteiger partial charge is 0.224 e. The van der Waals surface area contributed by atoms with Crippen LogP contribution in [0.4, 0.5) is 8.78 Å². The van der Waals surface area contributed by atoms with Crippen molar-refractivity contribution >= 4 is 5.91 Å². The Morgan fingerprint density at radius 2 is 2.15 bits per heavy atom. The molecule has 0 bridgehead atoms. The highest BCUT2D eigenvalue weighted by molar-refractivity contribution is 5.78. The van der Waals surface area contributed by atoms with E-state index in [1.54, 1.807) is 0 Å². The molecule has 2 unspecified atom stereocenters. The average Bonchev–Trinajstić information content (AvgIpc) is 2.41. The predicted molar refractivity (Wildman–Crippen MR) is 71.0 cm³/mol. The summed E-state index contributed by atoms with van der Waals surface area (Å²) in [6.07, 6.45) is 2.99. The molecule has 1 saturated carbocycles. The lowest BCUT2D eigenvalue weighted by molar-refractivity contribution is -0.120. The number of hydrogen-bond acceptors (Lipinski definition) is 2. The summed E-state index contributed by atoms with van der Waals surface area (Å²) in [5, 5.41) is 12.3. The van der Waals surface area contributed by atoms with Crippen LogP contribution in [0.15, 0.2) is 18.2 Å². The summed E-state index contributed by atoms with van der Waals surface area (Å²) in [4.78, 5) is 11.7. The number of carbonyl (C=O) groups excluding carboxylic acids is 1. The first-order valence-electron chi connectivity index (χ1n) is 6.93. The summed E-state index contributed by atoms with van der Waals surface area (Å²) in [5.41, 5.74) is 0.0613. The van der Waals surface area contributed by atoms with Gasteiger partial charge in [-0.1, -0.05) is 6.42 Å². The molecule has 2 atom stereocenters. The van der Waals surface area contributed by atoms with Crippen LogP contribution in [0, 0.1) is 17.6 Å². The van der Waals surface area contributed by atoms with Gasteiger partial charge in [0.25, 0.3) is 0 Å². The van der Waals surface area contributed by atoms with Gasteiger partial charge in [-0.05, 0) is 43.4 Å². The Bertz CT molecular complexity index is 479. The van der Waals surface area contributed by atoms with Crippen molar-refractivity contribution in [3.63, 3.8) is 0 Å². The molecule has 0 heterocycles. The number of aliphatic hydroxyl groups is 1. The molecule has 2 N–H and O–H groups in total. The van der Waals surface area contributed by atoms with Gasteiger partial charge < -0.3 is 10.4 Å². The second kappa shape index (κ2) is 6.79. The number of nitrogens with one attached hydrogen (secondary N) is 1. The highest BCUT2D eigenvalue weighted by atomic mass is 19.1. The number of hydrogen-bond donors (Lipinski definition) is 2. The van der Waals surface area contributed by atoms with Crippen LogP contribution in [0.25, 0.3) is 0 Å². The molecule has 0 aromatic heterocycles. The van der Waals surface area contributed by atoms with Gasteiger partial charge in [0, 0.05) is 12.1 Å². The molecular formula is C15H19F2NO2. The summed E-state index contributed by atoms with van der Waals surface area (Å²) in [6, 6.07) is 3.09. The van der Waals surface area contributed by atoms with Crippen molar-refractivity contribution in [2.75, 3.05) is 6.54 Å². The van der Waals surface area contributed by atoms with Gasteiger partial charge in [0.2, 0.25) is 5.91 Å². The SMILES string of the molecule is O=C(Cc1cc(F)ccc1F)NCC1CCCC(O)C1. The fourth-order valence-corrected chi connectivity index (χ4v) is 2.62. The Morgan fingerprint density at radius 3 is 2.90 bits per heavy atom. The third-order valence-electron chi connectivity index (χ3n) is 3.70. The van der Waals surface area contributed by atoms with E-state index in [-0.39, 0.29) is 29.9 Å². The van der Waals surface area contributed by atoms with Crippen molar-refractivity contribution < 1.29 is 18.7 Å². The van der Waals surface area contributed by atoms with E-state index in [1.807, 2.05) is 0 Å². The Hall–Kier alpha value is -1.49. The van der Waals surface area contributed by atoms with E-state index >= 15 is 0 Å². The third kappa shape index (κ3) is 4.27. The summed E-state index contributed by atoms with van der Waals surface area (Å²) < 4.78 is 26.4. The van der Waals surface area contributed by atoms with Crippen LogP contribution in [0.5, 0.6) is 0 Å². The van der Waals surface area contributed by atoms with Gasteiger partial charge in [0.05, 0.1) is 12.5 Å². The molecule has 1 aromatic carbocycles. The molecule has 0 aliphatic heterocycles. The van der Waals surface area contributed by atoms with Crippen LogP contribution in [0.2, 0.25) is 0 Å². The first-order valence-corrected chi connectivity index (χ1v) is 6.93. The van der Waals surface area contributed by atoms with Crippen LogP contribution in [0.1, 0.15) is 31.2 Å². The molecule has 2 rings (SSSR count). The van der Waals surface area contributed by atoms with E-state index in [9.17, 15) is 18.7 Å². The number of carbonyl (C=O) groups is 1. The largest absolute Gasteiger partial charge is 0.393 e. The lowest BCUT2D eigenvalue weighted by Gasteiger charge is -2.25. The van der Waals surface area contributed by atoms with Crippen LogP contribution >= 0.6 is 0 Å². The predicted octanol–water partition coefficient (Wildman–Crippen LogP) is 2.17. The van der Waals surface area contributed by atoms with Crippen molar-refractivity contribution in [2.24, 2.45) is 5.92 Å². The fourth-order valence-electron chi connectivity index (χ4n) is 2.62. The van der Waals surface area contributed by atoms with Crippen molar-refractivity contribution in [2.45, 2.75) is 38.2 Å². The first-order chi connectivity index (χ1) is 9.54. The van der Waals surface area contributed by atoms with Crippen LogP contribution in [-0.4, -0.2) is 23.7 Å². The molecule has 3 nitrogen and oxygen atoms in total. The fraction of sp³-hybridized carbons (Fsp3) is 0.533. The maximum atomic E-state index is 13.4. The third-order valence-corrected chi connectivity index (χ3v) is 3.70. The maximum absolute atomic E-state index is 13.4. The molecule has 5 heteroatoms. The summed E-state index contributed by atoms with van der Waals surface area (Å²) in [7, 11) is 0. The van der Waals surface area contributed by atoms with E-state index in [2.05, 4.69) is 5.32 Å². The number of rotatable bonds is 4. The molecule has 1 aliphatic carbocycles. The number of halogens is 2. The number of amides is 1. The molecule has 1 aromatic rings. The van der Waals surface area contributed by atoms with E-state index in [1.165, 1.54) is 0 Å². The second-order valence-electron chi connectivity index (χ2n) is 5.40. The summed E-state index contributed by atoms with van der Waals surface area (Å²) in [6.45, 7) is 0.479. The van der Waals surface area contributed by atoms with E-state index in [0.717, 1.165) is 37.5 Å². The molecule has 110 valence electrons. The molecule has 0 saturated heterocycles. The first kappa shape index (κ1) is 14.9. The van der Waals surface area contributed by atoms with E-state index < -0.39 is 11.6 Å². The molecule has 1 amide bonds. The quantitative estimate of drug-likeness (QED) is 0.889. The lowest BCUT2D eigenvalue weighted by atomic mass is 9.87. The van der Waals surface area contributed by atoms with Crippen molar-refractivity contribution in [3.8, 4) is 0 Å². The van der Waals surface area contributed by atoms with E-state index in [4.69, 9.17) is 0 Å². The van der Waals surface area contributed by atoms with Crippen molar-refractivity contribution in [3.05, 3.63) is 35.4 Å². The highest BCUT2D eigenvalue weighted by Crippen LogP contribution is 2.23. The molecule has 1 aliphatic rings. The Labute approximate surface area is 117 Å². The normalized spacial score (nSPS) is 22.6. The summed E-state index contributed by atoms with van der Waals surface area (Å²) in [5.74, 6) is -1.19. The lowest BCUT2D eigenvalue weighted by Crippen LogP contribution is -2.33.